The van der Waals surface area contributed by atoms with Crippen LogP contribution in [0.2, 0.25) is 20.1 Å². The second-order valence-corrected chi connectivity index (χ2v) is 18.1. The first-order valence-electron chi connectivity index (χ1n) is 16.7. The molecule has 24 heteroatoms. The average Bonchev–Trinajstić information content (AvgIpc) is 3.27. The maximum Gasteiger partial charge on any atom is 0.359 e. The van der Waals surface area contributed by atoms with E-state index in [1.807, 2.05) is 11.8 Å². The minimum absolute atomic E-state index is 0.0769. The number of hydrogen-bond donors (Lipinski definition) is 0. The topological polar surface area (TPSA) is 9.23 Å². The molecule has 0 saturated carbocycles. The summed E-state index contributed by atoms with van der Waals surface area (Å²) in [6, 6.07) is 19.5. The lowest BCUT2D eigenvalue weighted by Gasteiger charge is -2.46. The standard InChI is InChI=1S/C24BCl4F16.C15H16IOS/c26-5-1(9(30)17(38)21(42)13(5)34)25(2-6(27)14(35)22(43)18(39)10(2)31,3-7(28)15(36)23(44)19(40)11(3)32)4-8(29)16(37)24(45)20(41)12(4)33;1-17-11-12-18-15-10-6-5-9-14(15)16-13-7-3-2-4-8-13/h;2-10H,11-12H2,1H3/q-1;+1. The predicted octanol–water partition coefficient (Wildman–Crippen LogP) is 8.46. The normalized spacial score (nSPS) is 11.6. The first kappa shape index (κ1) is 50.5. The first-order valence-corrected chi connectivity index (χ1v) is 21.4. The number of hydrogen-bond acceptors (Lipinski definition) is 2. The largest absolute Gasteiger partial charge is 0.384 e. The molecule has 0 aliphatic carbocycles. The van der Waals surface area contributed by atoms with Crippen molar-refractivity contribution in [2.75, 3.05) is 19.5 Å². The van der Waals surface area contributed by atoms with Gasteiger partial charge in [0.25, 0.3) is 0 Å². The van der Waals surface area contributed by atoms with Crippen LogP contribution < -0.4 is 43.1 Å². The van der Waals surface area contributed by atoms with E-state index in [0.29, 0.717) is 0 Å². The molecule has 6 rings (SSSR count). The SMILES string of the molecule is COCCSc1ccccc1[I+]c1ccccc1.Fc1c(F)c(F)c([B-](c2c(F)c(F)c(F)c(F)c2Cl)(c2c(F)c(F)c(F)c(F)c2Cl)c2c(F)c(F)c(F)c(F)c2Cl)c(Cl)c1F. The van der Waals surface area contributed by atoms with Gasteiger partial charge in [-0.3, -0.25) is 0 Å². The Balaban J connectivity index is 0.000000345. The molecule has 6 aromatic carbocycles. The van der Waals surface area contributed by atoms with Gasteiger partial charge in [0.05, 0.1) is 11.5 Å². The maximum atomic E-state index is 15.8. The van der Waals surface area contributed by atoms with Crippen LogP contribution in [0.1, 0.15) is 0 Å². The zero-order valence-corrected chi connectivity index (χ0v) is 36.4. The fraction of sp³-hybridized carbons (Fsp3) is 0.0769. The van der Waals surface area contributed by atoms with Crippen molar-refractivity contribution in [2.45, 2.75) is 4.90 Å². The molecule has 0 aliphatic rings. The van der Waals surface area contributed by atoms with Crippen LogP contribution in [-0.2, 0) is 4.74 Å². The van der Waals surface area contributed by atoms with Gasteiger partial charge in [-0.2, -0.15) is 0 Å². The van der Waals surface area contributed by atoms with E-state index >= 15 is 17.6 Å². The third-order valence-electron chi connectivity index (χ3n) is 9.03. The van der Waals surface area contributed by atoms with Gasteiger partial charge in [-0.1, -0.05) is 76.7 Å². The molecule has 1 nitrogen and oxygen atoms in total. The molecule has 0 aliphatic heterocycles. The summed E-state index contributed by atoms with van der Waals surface area (Å²) in [4.78, 5) is 1.41. The number of halogens is 21. The van der Waals surface area contributed by atoms with Crippen molar-refractivity contribution in [3.63, 3.8) is 0 Å². The fourth-order valence-electron chi connectivity index (χ4n) is 6.34. The molecule has 6 aromatic rings. The number of benzene rings is 6. The highest BCUT2D eigenvalue weighted by Gasteiger charge is 2.50. The second-order valence-electron chi connectivity index (χ2n) is 12.5. The Kier molecular flexibility index (Phi) is 16.3. The minimum atomic E-state index is -6.24. The molecule has 0 N–H and O–H groups in total. The number of rotatable bonds is 10. The van der Waals surface area contributed by atoms with Crippen molar-refractivity contribution >= 4 is 86.2 Å². The van der Waals surface area contributed by atoms with E-state index in [-0.39, 0.29) is 21.2 Å². The molecule has 0 bridgehead atoms. The number of ether oxygens (including phenoxy) is 1. The first-order chi connectivity index (χ1) is 29.6. The third-order valence-corrected chi connectivity index (χ3v) is 14.8. The molecule has 0 atom stereocenters. The van der Waals surface area contributed by atoms with Gasteiger partial charge >= 0.3 is 21.2 Å². The Bertz CT molecular complexity index is 2370. The van der Waals surface area contributed by atoms with Crippen LogP contribution in [0.3, 0.4) is 0 Å². The fourth-order valence-corrected chi connectivity index (χ4v) is 11.5. The molecule has 0 spiro atoms. The second kappa shape index (κ2) is 20.3. The highest BCUT2D eigenvalue weighted by molar-refractivity contribution is 7.99. The molecule has 0 fully saturated rings. The van der Waals surface area contributed by atoms with Crippen LogP contribution in [0.5, 0.6) is 0 Å². The van der Waals surface area contributed by atoms with Crippen LogP contribution in [0, 0.1) is 100 Å². The Morgan fingerprint density at radius 2 is 0.730 bits per heavy atom. The Morgan fingerprint density at radius 3 is 1.06 bits per heavy atom. The molecule has 0 radical (unpaired) electrons. The summed E-state index contributed by atoms with van der Waals surface area (Å²) in [6.07, 6.45) is -6.24. The van der Waals surface area contributed by atoms with Crippen LogP contribution in [0.25, 0.3) is 0 Å². The van der Waals surface area contributed by atoms with Gasteiger partial charge in [-0.05, 0) is 24.3 Å². The van der Waals surface area contributed by atoms with Crippen molar-refractivity contribution in [3.8, 4) is 0 Å². The van der Waals surface area contributed by atoms with E-state index in [2.05, 4.69) is 54.6 Å². The van der Waals surface area contributed by atoms with Crippen molar-refractivity contribution < 1.29 is 96.2 Å². The van der Waals surface area contributed by atoms with Crippen molar-refractivity contribution in [3.05, 3.63) is 175 Å². The molecule has 334 valence electrons. The summed E-state index contributed by atoms with van der Waals surface area (Å²) < 4.78 is 246. The molecule has 0 heterocycles. The van der Waals surface area contributed by atoms with Crippen molar-refractivity contribution in [1.29, 1.82) is 0 Å². The van der Waals surface area contributed by atoms with Gasteiger partial charge in [0.15, 0.2) is 73.4 Å². The summed E-state index contributed by atoms with van der Waals surface area (Å²) in [5, 5.41) is -9.69. The molecular weight excluding hydrogens is 1100 g/mol. The van der Waals surface area contributed by atoms with E-state index in [1.54, 1.807) is 7.11 Å². The summed E-state index contributed by atoms with van der Waals surface area (Å²) in [5.74, 6) is -47.3. The predicted molar refractivity (Wildman–Crippen MR) is 202 cm³/mol. The van der Waals surface area contributed by atoms with Gasteiger partial charge in [0.1, 0.15) is 29.4 Å². The van der Waals surface area contributed by atoms with E-state index < -0.39 is 141 Å². The van der Waals surface area contributed by atoms with Gasteiger partial charge in [-0.25, -0.2) is 70.2 Å². The van der Waals surface area contributed by atoms with Crippen LogP contribution in [-0.4, -0.2) is 25.6 Å². The Hall–Kier alpha value is -3.54. The lowest BCUT2D eigenvalue weighted by Crippen LogP contribution is -3.61. The summed E-state index contributed by atoms with van der Waals surface area (Å²) in [6.45, 7) is 0.808. The lowest BCUT2D eigenvalue weighted by atomic mass is 9.12. The number of thioether (sulfide) groups is 1. The molecule has 63 heavy (non-hydrogen) atoms. The van der Waals surface area contributed by atoms with Crippen LogP contribution in [0.4, 0.5) is 70.2 Å². The van der Waals surface area contributed by atoms with Gasteiger partial charge < -0.3 is 4.74 Å². The molecular formula is C39H16BCl4F16IOS. The van der Waals surface area contributed by atoms with Crippen molar-refractivity contribution in [2.24, 2.45) is 0 Å². The molecule has 0 saturated heterocycles. The lowest BCUT2D eigenvalue weighted by molar-refractivity contribution is -0.601. The maximum absolute atomic E-state index is 15.8. The van der Waals surface area contributed by atoms with Crippen LogP contribution in [0.15, 0.2) is 59.5 Å². The van der Waals surface area contributed by atoms with E-state index in [1.165, 1.54) is 12.0 Å². The van der Waals surface area contributed by atoms with Gasteiger partial charge in [-0.15, -0.1) is 33.6 Å². The summed E-state index contributed by atoms with van der Waals surface area (Å²) >= 11 is 24.1. The molecule has 0 aromatic heterocycles. The van der Waals surface area contributed by atoms with Gasteiger partial charge in [0, 0.05) is 33.0 Å². The quantitative estimate of drug-likeness (QED) is 0.0259. The highest BCUT2D eigenvalue weighted by atomic mass is 127. The monoisotopic (exact) mass is 1110 g/mol. The summed E-state index contributed by atoms with van der Waals surface area (Å²) in [7, 11) is 1.75. The highest BCUT2D eigenvalue weighted by Crippen LogP contribution is 2.36. The van der Waals surface area contributed by atoms with E-state index in [0.717, 1.165) is 12.4 Å². The van der Waals surface area contributed by atoms with Crippen LogP contribution >= 0.6 is 58.2 Å². The third kappa shape index (κ3) is 8.93. The van der Waals surface area contributed by atoms with E-state index in [4.69, 9.17) is 51.1 Å². The smallest absolute Gasteiger partial charge is 0.359 e. The minimum Gasteiger partial charge on any atom is -0.384 e. The van der Waals surface area contributed by atoms with Crippen molar-refractivity contribution in [1.82, 2.24) is 0 Å². The number of methoxy groups -OCH3 is 1. The molecule has 0 unspecified atom stereocenters. The Labute approximate surface area is 379 Å². The Morgan fingerprint density at radius 1 is 0.429 bits per heavy atom. The van der Waals surface area contributed by atoms with Gasteiger partial charge in [0.2, 0.25) is 3.57 Å². The zero-order chi connectivity index (χ0) is 47.0. The van der Waals surface area contributed by atoms with E-state index in [9.17, 15) is 52.7 Å². The summed E-state index contributed by atoms with van der Waals surface area (Å²) in [5.41, 5.74) is -10.7. The molecule has 0 amide bonds. The zero-order valence-electron chi connectivity index (χ0n) is 30.4. The average molecular weight is 1120 g/mol.